The number of amides is 1. The molecule has 4 heterocycles. The molecule has 2 fully saturated rings. The quantitative estimate of drug-likeness (QED) is 0.770. The fourth-order valence-electron chi connectivity index (χ4n) is 4.66. The van der Waals surface area contributed by atoms with Crippen LogP contribution in [0.4, 0.5) is 0 Å². The van der Waals surface area contributed by atoms with Crippen molar-refractivity contribution in [2.75, 3.05) is 39.4 Å². The van der Waals surface area contributed by atoms with Gasteiger partial charge in [-0.3, -0.25) is 14.7 Å². The Bertz CT molecular complexity index is 906. The van der Waals surface area contributed by atoms with Crippen LogP contribution in [-0.4, -0.2) is 66.1 Å². The second-order valence-corrected chi connectivity index (χ2v) is 8.55. The number of rotatable bonds is 6. The molecule has 2 saturated heterocycles. The maximum atomic E-state index is 12.9. The number of aromatic nitrogens is 1. The zero-order valence-electron chi connectivity index (χ0n) is 17.9. The molecular weight excluding hydrogens is 392 g/mol. The van der Waals surface area contributed by atoms with Crippen molar-refractivity contribution in [2.24, 2.45) is 0 Å². The zero-order valence-corrected chi connectivity index (χ0v) is 17.9. The molecule has 0 spiro atoms. The molecule has 164 valence electrons. The van der Waals surface area contributed by atoms with Crippen molar-refractivity contribution in [2.45, 2.75) is 38.6 Å². The lowest BCUT2D eigenvalue weighted by Crippen LogP contribution is -2.46. The molecule has 1 N–H and O–H groups in total. The second kappa shape index (κ2) is 9.34. The van der Waals surface area contributed by atoms with Gasteiger partial charge in [0.25, 0.3) is 5.91 Å². The van der Waals surface area contributed by atoms with Crippen molar-refractivity contribution >= 4 is 5.91 Å². The van der Waals surface area contributed by atoms with Crippen LogP contribution in [0.2, 0.25) is 0 Å². The van der Waals surface area contributed by atoms with Gasteiger partial charge in [-0.05, 0) is 43.1 Å². The van der Waals surface area contributed by atoms with Crippen molar-refractivity contribution < 1.29 is 14.3 Å². The number of morpholine rings is 1. The number of ether oxygens (including phenoxy) is 2. The van der Waals surface area contributed by atoms with Crippen LogP contribution in [0.25, 0.3) is 0 Å². The molecule has 0 radical (unpaired) electrons. The van der Waals surface area contributed by atoms with Crippen LogP contribution >= 0.6 is 0 Å². The van der Waals surface area contributed by atoms with Crippen LogP contribution in [-0.2, 0) is 24.4 Å². The average Bonchev–Trinajstić information content (AvgIpc) is 3.17. The lowest BCUT2D eigenvalue weighted by molar-refractivity contribution is 0.0341. The van der Waals surface area contributed by atoms with Gasteiger partial charge in [0.05, 0.1) is 25.5 Å². The summed E-state index contributed by atoms with van der Waals surface area (Å²) in [5.74, 6) is 0.913. The number of hydrogen-bond acceptors (Lipinski definition) is 6. The number of pyridine rings is 1. The van der Waals surface area contributed by atoms with E-state index in [1.807, 2.05) is 35.4 Å². The van der Waals surface area contributed by atoms with Gasteiger partial charge in [-0.25, -0.2) is 0 Å². The van der Waals surface area contributed by atoms with Crippen LogP contribution < -0.4 is 10.1 Å². The minimum absolute atomic E-state index is 0.125. The molecule has 0 bridgehead atoms. The van der Waals surface area contributed by atoms with Crippen LogP contribution in [0.3, 0.4) is 0 Å². The summed E-state index contributed by atoms with van der Waals surface area (Å²) < 4.78 is 11.5. The van der Waals surface area contributed by atoms with Gasteiger partial charge in [0.1, 0.15) is 12.4 Å². The molecule has 1 aromatic heterocycles. The van der Waals surface area contributed by atoms with Gasteiger partial charge in [0, 0.05) is 49.5 Å². The fourth-order valence-corrected chi connectivity index (χ4v) is 4.66. The molecule has 1 atom stereocenters. The fraction of sp³-hybridized carbons (Fsp3) is 0.500. The van der Waals surface area contributed by atoms with Crippen molar-refractivity contribution in [3.05, 3.63) is 58.9 Å². The molecule has 0 aliphatic carbocycles. The monoisotopic (exact) mass is 422 g/mol. The zero-order chi connectivity index (χ0) is 21.0. The first-order valence-corrected chi connectivity index (χ1v) is 11.3. The number of hydrogen-bond donors (Lipinski definition) is 1. The molecular formula is C24H30N4O3. The van der Waals surface area contributed by atoms with Gasteiger partial charge in [-0.1, -0.05) is 12.1 Å². The van der Waals surface area contributed by atoms with E-state index in [1.165, 1.54) is 5.56 Å². The Morgan fingerprint density at radius 3 is 2.87 bits per heavy atom. The summed E-state index contributed by atoms with van der Waals surface area (Å²) in [6, 6.07) is 10.2. The van der Waals surface area contributed by atoms with E-state index < -0.39 is 0 Å². The molecule has 1 unspecified atom stereocenters. The van der Waals surface area contributed by atoms with Gasteiger partial charge in [0.2, 0.25) is 0 Å². The number of piperidine rings is 1. The molecule has 3 aliphatic heterocycles. The first-order valence-electron chi connectivity index (χ1n) is 11.3. The third kappa shape index (κ3) is 4.59. The van der Waals surface area contributed by atoms with Crippen molar-refractivity contribution in [3.8, 4) is 5.75 Å². The highest BCUT2D eigenvalue weighted by atomic mass is 16.5. The van der Waals surface area contributed by atoms with Crippen molar-refractivity contribution in [3.63, 3.8) is 0 Å². The Morgan fingerprint density at radius 1 is 1.19 bits per heavy atom. The molecule has 31 heavy (non-hydrogen) atoms. The van der Waals surface area contributed by atoms with Crippen molar-refractivity contribution in [1.82, 2.24) is 20.1 Å². The normalized spacial score (nSPS) is 21.9. The highest BCUT2D eigenvalue weighted by Gasteiger charge is 2.35. The summed E-state index contributed by atoms with van der Waals surface area (Å²) in [6.45, 7) is 7.38. The lowest BCUT2D eigenvalue weighted by atomic mass is 10.1. The predicted octanol–water partition coefficient (Wildman–Crippen LogP) is 2.20. The Kier molecular flexibility index (Phi) is 6.15. The van der Waals surface area contributed by atoms with Crippen LogP contribution in [0.5, 0.6) is 5.75 Å². The second-order valence-electron chi connectivity index (χ2n) is 8.55. The molecule has 3 aliphatic rings. The lowest BCUT2D eigenvalue weighted by Gasteiger charge is -2.31. The molecule has 1 aromatic carbocycles. The third-order valence-electron chi connectivity index (χ3n) is 6.44. The van der Waals surface area contributed by atoms with Gasteiger partial charge in [-0.2, -0.15) is 0 Å². The number of carbonyl (C=O) groups excluding carboxylic acids is 1. The van der Waals surface area contributed by atoms with E-state index in [1.54, 1.807) is 0 Å². The number of fused-ring (bicyclic) bond motifs is 1. The highest BCUT2D eigenvalue weighted by molar-refractivity contribution is 5.99. The van der Waals surface area contributed by atoms with E-state index in [9.17, 15) is 4.79 Å². The van der Waals surface area contributed by atoms with E-state index in [2.05, 4.69) is 21.3 Å². The van der Waals surface area contributed by atoms with Crippen molar-refractivity contribution in [1.29, 1.82) is 0 Å². The Hall–Kier alpha value is -2.48. The number of benzene rings is 1. The molecule has 2 aromatic rings. The molecule has 7 nitrogen and oxygen atoms in total. The average molecular weight is 423 g/mol. The summed E-state index contributed by atoms with van der Waals surface area (Å²) in [6.07, 6.45) is 4.11. The first kappa shape index (κ1) is 20.4. The summed E-state index contributed by atoms with van der Waals surface area (Å²) in [5.41, 5.74) is 3.87. The number of nitrogens with one attached hydrogen (secondary N) is 1. The summed E-state index contributed by atoms with van der Waals surface area (Å²) in [4.78, 5) is 21.9. The smallest absolute Gasteiger partial charge is 0.254 e. The standard InChI is InChI=1S/C24H30N4O3/c29-24-21-4-1-5-23(22(21)16-28(24)20-3-2-8-25-14-20)31-17-19-7-6-18(13-26-19)15-27-9-11-30-12-10-27/h1,4-7,13,20,25H,2-3,8-12,14-17H2. The number of carbonyl (C=O) groups is 1. The molecule has 1 amide bonds. The van der Waals surface area contributed by atoms with Gasteiger partial charge < -0.3 is 19.7 Å². The summed E-state index contributed by atoms with van der Waals surface area (Å²) >= 11 is 0. The number of nitrogens with zero attached hydrogens (tertiary/aromatic N) is 3. The summed E-state index contributed by atoms with van der Waals surface area (Å²) in [5, 5.41) is 3.41. The minimum Gasteiger partial charge on any atom is -0.487 e. The van der Waals surface area contributed by atoms with Gasteiger partial charge >= 0.3 is 0 Å². The predicted molar refractivity (Wildman–Crippen MR) is 117 cm³/mol. The van der Waals surface area contributed by atoms with Crippen LogP contribution in [0.1, 0.15) is 40.0 Å². The Labute approximate surface area is 183 Å². The van der Waals surface area contributed by atoms with Gasteiger partial charge in [0.15, 0.2) is 0 Å². The van der Waals surface area contributed by atoms with Crippen LogP contribution in [0.15, 0.2) is 36.5 Å². The van der Waals surface area contributed by atoms with Gasteiger partial charge in [-0.15, -0.1) is 0 Å². The van der Waals surface area contributed by atoms with E-state index in [0.717, 1.165) is 81.3 Å². The maximum absolute atomic E-state index is 12.9. The maximum Gasteiger partial charge on any atom is 0.254 e. The van der Waals surface area contributed by atoms with E-state index in [-0.39, 0.29) is 11.9 Å². The SMILES string of the molecule is O=C1c2cccc(OCc3ccc(CN4CCOCC4)cn3)c2CN1C1CCCNC1. The Morgan fingerprint density at radius 2 is 2.10 bits per heavy atom. The van der Waals surface area contributed by atoms with E-state index >= 15 is 0 Å². The minimum atomic E-state index is 0.125. The third-order valence-corrected chi connectivity index (χ3v) is 6.44. The molecule has 7 heteroatoms. The Balaban J connectivity index is 1.21. The van der Waals surface area contributed by atoms with E-state index in [0.29, 0.717) is 13.2 Å². The highest BCUT2D eigenvalue weighted by Crippen LogP contribution is 2.33. The largest absolute Gasteiger partial charge is 0.487 e. The molecule has 5 rings (SSSR count). The van der Waals surface area contributed by atoms with E-state index in [4.69, 9.17) is 9.47 Å². The van der Waals surface area contributed by atoms with Crippen LogP contribution in [0, 0.1) is 0 Å². The topological polar surface area (TPSA) is 66.9 Å². The molecule has 0 saturated carbocycles. The first-order chi connectivity index (χ1) is 15.3. The summed E-state index contributed by atoms with van der Waals surface area (Å²) in [7, 11) is 0.